The monoisotopic (exact) mass is 250 g/mol. The minimum atomic E-state index is -0.808. The Morgan fingerprint density at radius 2 is 1.83 bits per heavy atom. The third-order valence-corrected chi connectivity index (χ3v) is 4.96. The van der Waals surface area contributed by atoms with E-state index in [0.29, 0.717) is 19.8 Å². The van der Waals surface area contributed by atoms with Gasteiger partial charge in [0, 0.05) is 24.9 Å². The van der Waals surface area contributed by atoms with Gasteiger partial charge in [0.2, 0.25) is 5.79 Å². The molecule has 2 aliphatic heterocycles. The Kier molecular flexibility index (Phi) is 2.26. The lowest BCUT2D eigenvalue weighted by Gasteiger charge is -2.61. The Labute approximate surface area is 106 Å². The van der Waals surface area contributed by atoms with E-state index >= 15 is 0 Å². The number of carbonyl (C=O) groups excluding carboxylic acids is 1. The summed E-state index contributed by atoms with van der Waals surface area (Å²) in [6.07, 6.45) is 7.72. The molecule has 18 heavy (non-hydrogen) atoms. The van der Waals surface area contributed by atoms with E-state index in [0.717, 1.165) is 25.7 Å². The van der Waals surface area contributed by atoms with Crippen molar-refractivity contribution < 1.29 is 19.0 Å². The Bertz CT molecular complexity index is 410. The molecule has 4 aliphatic rings. The van der Waals surface area contributed by atoms with E-state index < -0.39 is 11.4 Å². The van der Waals surface area contributed by atoms with Gasteiger partial charge < -0.3 is 14.2 Å². The molecule has 2 heterocycles. The highest BCUT2D eigenvalue weighted by atomic mass is 16.8. The smallest absolute Gasteiger partial charge is 0.205 e. The van der Waals surface area contributed by atoms with Gasteiger partial charge in [-0.05, 0) is 19.3 Å². The first kappa shape index (κ1) is 11.1. The van der Waals surface area contributed by atoms with Crippen LogP contribution in [0, 0.1) is 11.8 Å². The molecule has 0 amide bonds. The quantitative estimate of drug-likeness (QED) is 0.610. The lowest BCUT2D eigenvalue weighted by atomic mass is 9.52. The molecule has 0 radical (unpaired) electrons. The van der Waals surface area contributed by atoms with Gasteiger partial charge in [-0.3, -0.25) is 4.79 Å². The van der Waals surface area contributed by atoms with Crippen molar-refractivity contribution in [2.24, 2.45) is 11.8 Å². The molecule has 4 nitrogen and oxygen atoms in total. The molecule has 98 valence electrons. The van der Waals surface area contributed by atoms with E-state index in [2.05, 4.69) is 12.2 Å². The fourth-order valence-corrected chi connectivity index (χ4v) is 4.21. The number of allylic oxidation sites excluding steroid dienone is 2. The van der Waals surface area contributed by atoms with E-state index in [4.69, 9.17) is 14.2 Å². The van der Waals surface area contributed by atoms with Crippen molar-refractivity contribution >= 4 is 5.78 Å². The average Bonchev–Trinajstić information content (AvgIpc) is 2.88. The summed E-state index contributed by atoms with van der Waals surface area (Å²) in [6.45, 7) is 1.80. The molecule has 3 fully saturated rings. The third kappa shape index (κ3) is 1.10. The summed E-state index contributed by atoms with van der Waals surface area (Å²) in [5.74, 6) is -0.209. The molecular weight excluding hydrogens is 232 g/mol. The summed E-state index contributed by atoms with van der Waals surface area (Å²) < 4.78 is 17.7. The Morgan fingerprint density at radius 1 is 1.06 bits per heavy atom. The molecule has 3 atom stereocenters. The highest BCUT2D eigenvalue weighted by Crippen LogP contribution is 2.59. The lowest BCUT2D eigenvalue weighted by molar-refractivity contribution is -0.334. The van der Waals surface area contributed by atoms with Crippen LogP contribution in [0.2, 0.25) is 0 Å². The Balaban J connectivity index is 1.76. The summed E-state index contributed by atoms with van der Waals surface area (Å²) in [5.41, 5.74) is -0.808. The van der Waals surface area contributed by atoms with E-state index in [-0.39, 0.29) is 17.6 Å². The van der Waals surface area contributed by atoms with Gasteiger partial charge in [0.05, 0.1) is 13.2 Å². The highest BCUT2D eigenvalue weighted by Gasteiger charge is 2.75. The van der Waals surface area contributed by atoms with Crippen LogP contribution in [0.4, 0.5) is 0 Å². The lowest BCUT2D eigenvalue weighted by Crippen LogP contribution is -2.77. The minimum absolute atomic E-state index is 0.123. The van der Waals surface area contributed by atoms with Crippen LogP contribution in [0.3, 0.4) is 0 Å². The molecule has 0 N–H and O–H groups in total. The molecule has 1 saturated carbocycles. The molecule has 2 aliphatic carbocycles. The molecule has 4 rings (SSSR count). The van der Waals surface area contributed by atoms with Crippen LogP contribution < -0.4 is 0 Å². The summed E-state index contributed by atoms with van der Waals surface area (Å²) in [6, 6.07) is 0. The molecule has 4 heteroatoms. The predicted molar refractivity (Wildman–Crippen MR) is 62.9 cm³/mol. The molecule has 0 aromatic rings. The highest BCUT2D eigenvalue weighted by molar-refractivity contribution is 5.98. The number of ketones is 1. The fraction of sp³-hybridized carbons (Fsp3) is 0.786. The van der Waals surface area contributed by atoms with Gasteiger partial charge >= 0.3 is 0 Å². The third-order valence-electron chi connectivity index (χ3n) is 4.96. The first-order chi connectivity index (χ1) is 8.80. The maximum Gasteiger partial charge on any atom is 0.205 e. The van der Waals surface area contributed by atoms with Crippen LogP contribution >= 0.6 is 0 Å². The van der Waals surface area contributed by atoms with Crippen molar-refractivity contribution in [1.82, 2.24) is 0 Å². The number of carbonyl (C=O) groups is 1. The summed E-state index contributed by atoms with van der Waals surface area (Å²) in [4.78, 5) is 12.6. The Morgan fingerprint density at radius 3 is 2.67 bits per heavy atom. The number of hydrogen-bond donors (Lipinski definition) is 0. The van der Waals surface area contributed by atoms with Crippen molar-refractivity contribution in [2.75, 3.05) is 19.8 Å². The van der Waals surface area contributed by atoms with Gasteiger partial charge in [0.15, 0.2) is 11.4 Å². The zero-order valence-corrected chi connectivity index (χ0v) is 10.4. The van der Waals surface area contributed by atoms with Crippen molar-refractivity contribution in [3.05, 3.63) is 12.2 Å². The van der Waals surface area contributed by atoms with Crippen LogP contribution in [0.1, 0.15) is 25.7 Å². The van der Waals surface area contributed by atoms with Gasteiger partial charge in [-0.2, -0.15) is 0 Å². The van der Waals surface area contributed by atoms with Crippen molar-refractivity contribution in [2.45, 2.75) is 37.1 Å². The average molecular weight is 250 g/mol. The fourth-order valence-electron chi connectivity index (χ4n) is 4.21. The molecular formula is C14H18O4. The van der Waals surface area contributed by atoms with Gasteiger partial charge in [-0.25, -0.2) is 0 Å². The topological polar surface area (TPSA) is 44.8 Å². The number of ether oxygens (including phenoxy) is 3. The van der Waals surface area contributed by atoms with Crippen molar-refractivity contribution in [3.8, 4) is 0 Å². The Hall–Kier alpha value is -0.710. The molecule has 0 aromatic carbocycles. The van der Waals surface area contributed by atoms with E-state index in [1.807, 2.05) is 0 Å². The predicted octanol–water partition coefficient (Wildman–Crippen LogP) is 1.44. The molecule has 2 spiro atoms. The normalized spacial score (nSPS) is 45.2. The number of Topliss-reactive ketones (excluding diaryl/α,β-unsaturated/α-hetero) is 1. The minimum Gasteiger partial charge on any atom is -0.361 e. The summed E-state index contributed by atoms with van der Waals surface area (Å²) >= 11 is 0. The zero-order valence-electron chi connectivity index (χ0n) is 10.4. The second-order valence-corrected chi connectivity index (χ2v) is 5.66. The van der Waals surface area contributed by atoms with E-state index in [1.165, 1.54) is 0 Å². The zero-order chi connectivity index (χ0) is 12.2. The van der Waals surface area contributed by atoms with Gasteiger partial charge in [-0.1, -0.05) is 12.2 Å². The molecule has 0 bridgehead atoms. The van der Waals surface area contributed by atoms with Gasteiger partial charge in [0.25, 0.3) is 0 Å². The summed E-state index contributed by atoms with van der Waals surface area (Å²) in [7, 11) is 0. The second kappa shape index (κ2) is 3.65. The number of hydrogen-bond acceptors (Lipinski definition) is 4. The van der Waals surface area contributed by atoms with E-state index in [1.54, 1.807) is 0 Å². The van der Waals surface area contributed by atoms with Crippen LogP contribution in [0.25, 0.3) is 0 Å². The van der Waals surface area contributed by atoms with Gasteiger partial charge in [-0.15, -0.1) is 0 Å². The molecule has 0 unspecified atom stereocenters. The number of fused-ring (bicyclic) bond motifs is 3. The maximum atomic E-state index is 12.6. The maximum absolute atomic E-state index is 12.6. The SMILES string of the molecule is O=C1[C@@H]2CC=CC[C@@H]2[C@]12OCCCC21OCCO1. The number of rotatable bonds is 0. The van der Waals surface area contributed by atoms with Crippen molar-refractivity contribution in [3.63, 3.8) is 0 Å². The summed E-state index contributed by atoms with van der Waals surface area (Å²) in [5, 5.41) is 0. The van der Waals surface area contributed by atoms with Crippen molar-refractivity contribution in [1.29, 1.82) is 0 Å². The first-order valence-corrected chi connectivity index (χ1v) is 6.91. The van der Waals surface area contributed by atoms with E-state index in [9.17, 15) is 4.79 Å². The second-order valence-electron chi connectivity index (χ2n) is 5.66. The van der Waals surface area contributed by atoms with Crippen LogP contribution in [-0.2, 0) is 19.0 Å². The standard InChI is InChI=1S/C14H18O4/c15-12-10-4-1-2-5-11(10)14(12)13(6-3-7-18-14)16-8-9-17-13/h1-2,10-11H,3-9H2/t10-,11+,14+/m1/s1. The first-order valence-electron chi connectivity index (χ1n) is 6.91. The molecule has 0 aromatic heterocycles. The van der Waals surface area contributed by atoms with Crippen LogP contribution in [0.15, 0.2) is 12.2 Å². The van der Waals surface area contributed by atoms with Crippen LogP contribution in [-0.4, -0.2) is 37.0 Å². The molecule has 2 saturated heterocycles. The van der Waals surface area contributed by atoms with Gasteiger partial charge in [0.1, 0.15) is 0 Å². The largest absolute Gasteiger partial charge is 0.361 e. The van der Waals surface area contributed by atoms with Crippen LogP contribution in [0.5, 0.6) is 0 Å².